The largest absolute Gasteiger partial charge is 0.496 e. The zero-order valence-corrected chi connectivity index (χ0v) is 10.3. The first kappa shape index (κ1) is 13.3. The molecule has 0 amide bonds. The van der Waals surface area contributed by atoms with Gasteiger partial charge in [0.05, 0.1) is 7.11 Å². The summed E-state index contributed by atoms with van der Waals surface area (Å²) in [4.78, 5) is 12.7. The highest BCUT2D eigenvalue weighted by atomic mass is 16.5. The van der Waals surface area contributed by atoms with Crippen molar-refractivity contribution in [2.24, 2.45) is 5.73 Å². The Morgan fingerprint density at radius 1 is 1.53 bits per heavy atom. The maximum absolute atomic E-state index is 10.7. The van der Waals surface area contributed by atoms with Gasteiger partial charge in [-0.25, -0.2) is 0 Å². The number of carbonyl (C=O) groups is 1. The van der Waals surface area contributed by atoms with Gasteiger partial charge in [-0.05, 0) is 11.6 Å². The van der Waals surface area contributed by atoms with Gasteiger partial charge in [-0.15, -0.1) is 0 Å². The molecule has 5 heteroatoms. The number of benzene rings is 1. The summed E-state index contributed by atoms with van der Waals surface area (Å²) in [5.74, 6) is -0.350. The van der Waals surface area contributed by atoms with Crippen molar-refractivity contribution in [1.29, 1.82) is 0 Å². The first-order valence-corrected chi connectivity index (χ1v) is 5.28. The van der Waals surface area contributed by atoms with Gasteiger partial charge in [0.2, 0.25) is 0 Å². The monoisotopic (exact) mass is 238 g/mol. The number of nitrogens with two attached hydrogens (primary N) is 1. The van der Waals surface area contributed by atoms with Gasteiger partial charge in [0, 0.05) is 32.3 Å². The van der Waals surface area contributed by atoms with E-state index in [0.29, 0.717) is 5.75 Å². The summed E-state index contributed by atoms with van der Waals surface area (Å²) in [5, 5.41) is 8.78. The van der Waals surface area contributed by atoms with E-state index < -0.39 is 12.0 Å². The number of hydrogen-bond donors (Lipinski definition) is 2. The molecule has 94 valence electrons. The number of carboxylic acid groups (broad SMARTS) is 1. The highest BCUT2D eigenvalue weighted by Gasteiger charge is 2.15. The lowest BCUT2D eigenvalue weighted by Crippen LogP contribution is -2.32. The minimum absolute atomic E-state index is 0.256. The van der Waals surface area contributed by atoms with E-state index in [2.05, 4.69) is 0 Å². The maximum atomic E-state index is 10.7. The van der Waals surface area contributed by atoms with Crippen molar-refractivity contribution >= 4 is 11.7 Å². The second kappa shape index (κ2) is 5.54. The maximum Gasteiger partial charge on any atom is 0.320 e. The van der Waals surface area contributed by atoms with E-state index in [1.807, 2.05) is 37.2 Å². The summed E-state index contributed by atoms with van der Waals surface area (Å²) in [7, 11) is 5.42. The molecule has 3 N–H and O–H groups in total. The fourth-order valence-electron chi connectivity index (χ4n) is 1.50. The Hall–Kier alpha value is -1.75. The van der Waals surface area contributed by atoms with Gasteiger partial charge in [0.1, 0.15) is 11.8 Å². The van der Waals surface area contributed by atoms with E-state index in [1.54, 1.807) is 7.11 Å². The van der Waals surface area contributed by atoms with E-state index >= 15 is 0 Å². The van der Waals surface area contributed by atoms with Gasteiger partial charge in [-0.1, -0.05) is 6.07 Å². The van der Waals surface area contributed by atoms with Crippen LogP contribution in [0.2, 0.25) is 0 Å². The van der Waals surface area contributed by atoms with Crippen molar-refractivity contribution in [1.82, 2.24) is 0 Å². The van der Waals surface area contributed by atoms with Crippen LogP contribution < -0.4 is 15.4 Å². The topological polar surface area (TPSA) is 75.8 Å². The van der Waals surface area contributed by atoms with E-state index in [9.17, 15) is 4.79 Å². The molecule has 1 unspecified atom stereocenters. The Labute approximate surface area is 101 Å². The van der Waals surface area contributed by atoms with Crippen LogP contribution in [0.15, 0.2) is 18.2 Å². The minimum Gasteiger partial charge on any atom is -0.496 e. The molecule has 1 atom stereocenters. The van der Waals surface area contributed by atoms with Crippen molar-refractivity contribution < 1.29 is 14.6 Å². The minimum atomic E-state index is -1.01. The van der Waals surface area contributed by atoms with Crippen LogP contribution in [-0.4, -0.2) is 38.3 Å². The van der Waals surface area contributed by atoms with Crippen LogP contribution >= 0.6 is 0 Å². The molecule has 0 bridgehead atoms. The summed E-state index contributed by atoms with van der Waals surface area (Å²) in [6.45, 7) is 0. The van der Waals surface area contributed by atoms with Crippen molar-refractivity contribution in [2.75, 3.05) is 26.1 Å². The third kappa shape index (κ3) is 3.35. The summed E-state index contributed by atoms with van der Waals surface area (Å²) in [6, 6.07) is 4.71. The molecule has 0 saturated carbocycles. The Balaban J connectivity index is 2.96. The summed E-state index contributed by atoms with van der Waals surface area (Å²) in [6.07, 6.45) is 0.256. The van der Waals surface area contributed by atoms with Crippen LogP contribution in [0.25, 0.3) is 0 Å². The van der Waals surface area contributed by atoms with E-state index in [1.165, 1.54) is 0 Å². The van der Waals surface area contributed by atoms with Crippen LogP contribution in [0, 0.1) is 0 Å². The number of carboxylic acids is 1. The SMILES string of the molecule is COc1cc(N(C)C)ccc1CC(N)C(=O)O. The Morgan fingerprint density at radius 2 is 2.18 bits per heavy atom. The third-order valence-electron chi connectivity index (χ3n) is 2.54. The fraction of sp³-hybridized carbons (Fsp3) is 0.417. The first-order chi connectivity index (χ1) is 7.95. The molecule has 0 aromatic heterocycles. The molecule has 1 aromatic rings. The molecule has 0 saturated heterocycles. The van der Waals surface area contributed by atoms with Gasteiger partial charge in [-0.2, -0.15) is 0 Å². The van der Waals surface area contributed by atoms with Crippen LogP contribution in [0.1, 0.15) is 5.56 Å². The van der Waals surface area contributed by atoms with Crippen molar-refractivity contribution in [3.05, 3.63) is 23.8 Å². The number of aliphatic carboxylic acids is 1. The zero-order chi connectivity index (χ0) is 13.0. The van der Waals surface area contributed by atoms with Crippen molar-refractivity contribution in [2.45, 2.75) is 12.5 Å². The van der Waals surface area contributed by atoms with Gasteiger partial charge >= 0.3 is 5.97 Å². The van der Waals surface area contributed by atoms with E-state index in [0.717, 1.165) is 11.3 Å². The van der Waals surface area contributed by atoms with Crippen molar-refractivity contribution in [3.63, 3.8) is 0 Å². The molecular weight excluding hydrogens is 220 g/mol. The molecule has 0 heterocycles. The Morgan fingerprint density at radius 3 is 2.65 bits per heavy atom. The van der Waals surface area contributed by atoms with Crippen LogP contribution in [-0.2, 0) is 11.2 Å². The van der Waals surface area contributed by atoms with Crippen molar-refractivity contribution in [3.8, 4) is 5.75 Å². The van der Waals surface area contributed by atoms with Gasteiger partial charge < -0.3 is 20.5 Å². The molecular formula is C12H18N2O3. The predicted octanol–water partition coefficient (Wildman–Crippen LogP) is 0.716. The molecule has 0 spiro atoms. The second-order valence-electron chi connectivity index (χ2n) is 4.04. The smallest absolute Gasteiger partial charge is 0.320 e. The lowest BCUT2D eigenvalue weighted by atomic mass is 10.0. The number of anilines is 1. The molecule has 1 aromatic carbocycles. The first-order valence-electron chi connectivity index (χ1n) is 5.28. The van der Waals surface area contributed by atoms with Gasteiger partial charge in [-0.3, -0.25) is 4.79 Å². The number of ether oxygens (including phenoxy) is 1. The molecule has 0 radical (unpaired) electrons. The Kier molecular flexibility index (Phi) is 4.34. The average molecular weight is 238 g/mol. The standard InChI is InChI=1S/C12H18N2O3/c1-14(2)9-5-4-8(11(7-9)17-3)6-10(13)12(15)16/h4-5,7,10H,6,13H2,1-3H3,(H,15,16). The van der Waals surface area contributed by atoms with Gasteiger partial charge in [0.25, 0.3) is 0 Å². The molecule has 0 fully saturated rings. The normalized spacial score (nSPS) is 12.0. The molecule has 0 aliphatic rings. The summed E-state index contributed by atoms with van der Waals surface area (Å²) < 4.78 is 5.24. The molecule has 0 aliphatic heterocycles. The molecule has 1 rings (SSSR count). The number of rotatable bonds is 5. The quantitative estimate of drug-likeness (QED) is 0.790. The zero-order valence-electron chi connectivity index (χ0n) is 10.3. The van der Waals surface area contributed by atoms with Gasteiger partial charge in [0.15, 0.2) is 0 Å². The highest BCUT2D eigenvalue weighted by Crippen LogP contribution is 2.25. The average Bonchev–Trinajstić information content (AvgIpc) is 2.28. The fourth-order valence-corrected chi connectivity index (χ4v) is 1.50. The second-order valence-corrected chi connectivity index (χ2v) is 4.04. The van der Waals surface area contributed by atoms with Crippen LogP contribution in [0.5, 0.6) is 5.75 Å². The molecule has 5 nitrogen and oxygen atoms in total. The molecule has 17 heavy (non-hydrogen) atoms. The Bertz CT molecular complexity index is 405. The molecule has 0 aliphatic carbocycles. The van der Waals surface area contributed by atoms with Crippen LogP contribution in [0.4, 0.5) is 5.69 Å². The summed E-state index contributed by atoms with van der Waals surface area (Å²) in [5.41, 5.74) is 7.30. The summed E-state index contributed by atoms with van der Waals surface area (Å²) >= 11 is 0. The lowest BCUT2D eigenvalue weighted by molar-refractivity contribution is -0.138. The van der Waals surface area contributed by atoms with E-state index in [4.69, 9.17) is 15.6 Å². The lowest BCUT2D eigenvalue weighted by Gasteiger charge is -2.16. The highest BCUT2D eigenvalue weighted by molar-refractivity contribution is 5.73. The number of methoxy groups -OCH3 is 1. The number of hydrogen-bond acceptors (Lipinski definition) is 4. The van der Waals surface area contributed by atoms with E-state index in [-0.39, 0.29) is 6.42 Å². The number of nitrogens with zero attached hydrogens (tertiary/aromatic N) is 1. The third-order valence-corrected chi connectivity index (χ3v) is 2.54. The predicted molar refractivity (Wildman–Crippen MR) is 66.6 cm³/mol. The van der Waals surface area contributed by atoms with Crippen LogP contribution in [0.3, 0.4) is 0 Å².